The first-order chi connectivity index (χ1) is 11.9. The molecule has 7 heteroatoms. The van der Waals surface area contributed by atoms with Crippen LogP contribution in [-0.2, 0) is 14.8 Å². The largest absolute Gasteiger partial charge is 0.494 e. The molecule has 2 rings (SSSR count). The number of hydrogen-bond donors (Lipinski definition) is 1. The summed E-state index contributed by atoms with van der Waals surface area (Å²) in [4.78, 5) is 12.4. The molecule has 0 radical (unpaired) electrons. The lowest BCUT2D eigenvalue weighted by Crippen LogP contribution is -2.45. The lowest BCUT2D eigenvalue weighted by atomic mass is 9.99. The smallest absolute Gasteiger partial charge is 0.243 e. The van der Waals surface area contributed by atoms with Crippen molar-refractivity contribution < 1.29 is 17.9 Å². The SMILES string of the molecule is C=CCNC(=O)C1CCCN(S(=O)(=O)c2ccc(OCC)c(C)c2)C1. The van der Waals surface area contributed by atoms with E-state index in [1.165, 1.54) is 4.31 Å². The summed E-state index contributed by atoms with van der Waals surface area (Å²) >= 11 is 0. The summed E-state index contributed by atoms with van der Waals surface area (Å²) in [5, 5.41) is 2.75. The topological polar surface area (TPSA) is 75.7 Å². The first-order valence-corrected chi connectivity index (χ1v) is 9.96. The standard InChI is InChI=1S/C18H26N2O4S/c1-4-10-19-18(21)15-7-6-11-20(13-15)25(22,23)16-8-9-17(24-5-2)14(3)12-16/h4,8-9,12,15H,1,5-7,10-11,13H2,2-3H3,(H,19,21). The van der Waals surface area contributed by atoms with Gasteiger partial charge in [-0.15, -0.1) is 6.58 Å². The van der Waals surface area contributed by atoms with E-state index in [9.17, 15) is 13.2 Å². The first-order valence-electron chi connectivity index (χ1n) is 8.52. The molecule has 25 heavy (non-hydrogen) atoms. The predicted molar refractivity (Wildman–Crippen MR) is 97.0 cm³/mol. The van der Waals surface area contributed by atoms with Crippen LogP contribution in [0.4, 0.5) is 0 Å². The zero-order valence-electron chi connectivity index (χ0n) is 14.8. The highest BCUT2D eigenvalue weighted by molar-refractivity contribution is 7.89. The lowest BCUT2D eigenvalue weighted by molar-refractivity contribution is -0.125. The van der Waals surface area contributed by atoms with Crippen LogP contribution in [0.2, 0.25) is 0 Å². The Morgan fingerprint density at radius 1 is 1.48 bits per heavy atom. The summed E-state index contributed by atoms with van der Waals surface area (Å²) in [6.45, 7) is 8.83. The molecule has 1 fully saturated rings. The Kier molecular flexibility index (Phi) is 6.61. The Labute approximate surface area is 149 Å². The molecule has 1 heterocycles. The molecule has 0 saturated carbocycles. The van der Waals surface area contributed by atoms with Gasteiger partial charge in [0.2, 0.25) is 15.9 Å². The monoisotopic (exact) mass is 366 g/mol. The van der Waals surface area contributed by atoms with Crippen molar-refractivity contribution in [1.29, 1.82) is 0 Å². The minimum absolute atomic E-state index is 0.123. The normalized spacial score (nSPS) is 18.6. The molecule has 1 unspecified atom stereocenters. The number of amides is 1. The molecule has 0 aliphatic carbocycles. The lowest BCUT2D eigenvalue weighted by Gasteiger charge is -2.31. The van der Waals surface area contributed by atoms with Gasteiger partial charge in [-0.25, -0.2) is 8.42 Å². The molecule has 0 bridgehead atoms. The number of nitrogens with one attached hydrogen (secondary N) is 1. The zero-order chi connectivity index (χ0) is 18.4. The number of sulfonamides is 1. The van der Waals surface area contributed by atoms with Crippen LogP contribution < -0.4 is 10.1 Å². The zero-order valence-corrected chi connectivity index (χ0v) is 15.6. The summed E-state index contributed by atoms with van der Waals surface area (Å²) in [6.07, 6.45) is 2.97. The van der Waals surface area contributed by atoms with E-state index in [4.69, 9.17) is 4.74 Å². The van der Waals surface area contributed by atoms with Crippen LogP contribution >= 0.6 is 0 Å². The van der Waals surface area contributed by atoms with Gasteiger partial charge in [0.1, 0.15) is 5.75 Å². The Morgan fingerprint density at radius 2 is 2.24 bits per heavy atom. The van der Waals surface area contributed by atoms with E-state index in [2.05, 4.69) is 11.9 Å². The second kappa shape index (κ2) is 8.49. The van der Waals surface area contributed by atoms with Gasteiger partial charge in [-0.1, -0.05) is 6.08 Å². The summed E-state index contributed by atoms with van der Waals surface area (Å²) < 4.78 is 32.7. The van der Waals surface area contributed by atoms with Crippen molar-refractivity contribution >= 4 is 15.9 Å². The second-order valence-corrected chi connectivity index (χ2v) is 8.03. The Morgan fingerprint density at radius 3 is 2.88 bits per heavy atom. The van der Waals surface area contributed by atoms with E-state index >= 15 is 0 Å². The third-order valence-corrected chi connectivity index (χ3v) is 6.12. The van der Waals surface area contributed by atoms with Gasteiger partial charge in [-0.05, 0) is 50.5 Å². The van der Waals surface area contributed by atoms with Gasteiger partial charge in [0.25, 0.3) is 0 Å². The average molecular weight is 366 g/mol. The van der Waals surface area contributed by atoms with Crippen LogP contribution in [-0.4, -0.2) is 44.9 Å². The number of rotatable bonds is 7. The van der Waals surface area contributed by atoms with E-state index in [-0.39, 0.29) is 23.3 Å². The van der Waals surface area contributed by atoms with E-state index in [1.807, 2.05) is 13.8 Å². The molecule has 1 aromatic rings. The molecule has 1 N–H and O–H groups in total. The van der Waals surface area contributed by atoms with Crippen LogP contribution in [0.3, 0.4) is 0 Å². The van der Waals surface area contributed by atoms with Crippen LogP contribution in [0.1, 0.15) is 25.3 Å². The minimum atomic E-state index is -3.63. The van der Waals surface area contributed by atoms with Crippen LogP contribution in [0.5, 0.6) is 5.75 Å². The van der Waals surface area contributed by atoms with Gasteiger partial charge in [0.15, 0.2) is 0 Å². The molecule has 1 aliphatic heterocycles. The van der Waals surface area contributed by atoms with Crippen molar-refractivity contribution in [1.82, 2.24) is 9.62 Å². The second-order valence-electron chi connectivity index (χ2n) is 6.10. The third kappa shape index (κ3) is 4.61. The first kappa shape index (κ1) is 19.5. The number of piperidine rings is 1. The van der Waals surface area contributed by atoms with Gasteiger partial charge >= 0.3 is 0 Å². The van der Waals surface area contributed by atoms with Crippen molar-refractivity contribution in [2.45, 2.75) is 31.6 Å². The number of benzene rings is 1. The van der Waals surface area contributed by atoms with Gasteiger partial charge < -0.3 is 10.1 Å². The predicted octanol–water partition coefficient (Wildman–Crippen LogP) is 2.10. The van der Waals surface area contributed by atoms with Gasteiger partial charge in [0, 0.05) is 19.6 Å². The van der Waals surface area contributed by atoms with Gasteiger partial charge in [-0.3, -0.25) is 4.79 Å². The minimum Gasteiger partial charge on any atom is -0.494 e. The van der Waals surface area contributed by atoms with Gasteiger partial charge in [0.05, 0.1) is 17.4 Å². The molecule has 1 aliphatic rings. The highest BCUT2D eigenvalue weighted by atomic mass is 32.2. The van der Waals surface area contributed by atoms with E-state index < -0.39 is 10.0 Å². The molecule has 1 aromatic carbocycles. The van der Waals surface area contributed by atoms with Crippen molar-refractivity contribution in [2.24, 2.45) is 5.92 Å². The molecule has 1 atom stereocenters. The molecule has 1 amide bonds. The highest BCUT2D eigenvalue weighted by Crippen LogP contribution is 2.27. The van der Waals surface area contributed by atoms with Crippen molar-refractivity contribution in [3.63, 3.8) is 0 Å². The van der Waals surface area contributed by atoms with Crippen LogP contribution in [0.15, 0.2) is 35.7 Å². The highest BCUT2D eigenvalue weighted by Gasteiger charge is 2.33. The Bertz CT molecular complexity index is 731. The van der Waals surface area contributed by atoms with Gasteiger partial charge in [-0.2, -0.15) is 4.31 Å². The summed E-state index contributed by atoms with van der Waals surface area (Å²) in [7, 11) is -3.63. The average Bonchev–Trinajstić information content (AvgIpc) is 2.61. The molecule has 0 aromatic heterocycles. The fourth-order valence-electron chi connectivity index (χ4n) is 2.94. The number of ether oxygens (including phenoxy) is 1. The number of carbonyl (C=O) groups excluding carboxylic acids is 1. The molecular formula is C18H26N2O4S. The third-order valence-electron chi connectivity index (χ3n) is 4.26. The maximum atomic E-state index is 12.9. The molecule has 138 valence electrons. The van der Waals surface area contributed by atoms with Crippen molar-refractivity contribution in [2.75, 3.05) is 26.2 Å². The fraction of sp³-hybridized carbons (Fsp3) is 0.500. The summed E-state index contributed by atoms with van der Waals surface area (Å²) in [6, 6.07) is 4.88. The van der Waals surface area contributed by atoms with E-state index in [0.717, 1.165) is 5.56 Å². The van der Waals surface area contributed by atoms with E-state index in [1.54, 1.807) is 24.3 Å². The number of hydrogen-bond acceptors (Lipinski definition) is 4. The van der Waals surface area contributed by atoms with E-state index in [0.29, 0.717) is 38.3 Å². The van der Waals surface area contributed by atoms with Crippen LogP contribution in [0.25, 0.3) is 0 Å². The number of nitrogens with zero attached hydrogens (tertiary/aromatic N) is 1. The Hall–Kier alpha value is -1.86. The van der Waals surface area contributed by atoms with Crippen molar-refractivity contribution in [3.05, 3.63) is 36.4 Å². The molecule has 6 nitrogen and oxygen atoms in total. The fourth-order valence-corrected chi connectivity index (χ4v) is 4.55. The number of carbonyl (C=O) groups is 1. The summed E-state index contributed by atoms with van der Waals surface area (Å²) in [5.41, 5.74) is 0.778. The molecule has 1 saturated heterocycles. The number of aryl methyl sites for hydroxylation is 1. The van der Waals surface area contributed by atoms with Crippen molar-refractivity contribution in [3.8, 4) is 5.75 Å². The summed E-state index contributed by atoms with van der Waals surface area (Å²) in [5.74, 6) is 0.233. The quantitative estimate of drug-likeness (QED) is 0.750. The molecule has 0 spiro atoms. The maximum absolute atomic E-state index is 12.9. The van der Waals surface area contributed by atoms with Crippen LogP contribution in [0, 0.1) is 12.8 Å². The maximum Gasteiger partial charge on any atom is 0.243 e. The molecular weight excluding hydrogens is 340 g/mol. The Balaban J connectivity index is 2.17.